The number of ether oxygens (including phenoxy) is 1. The highest BCUT2D eigenvalue weighted by atomic mass is 19.1. The molecule has 2 amide bonds. The first-order chi connectivity index (χ1) is 17.0. The van der Waals surface area contributed by atoms with Crippen LogP contribution in [0.15, 0.2) is 58.0 Å². The minimum Gasteiger partial charge on any atom is -0.494 e. The van der Waals surface area contributed by atoms with Crippen molar-refractivity contribution in [3.63, 3.8) is 0 Å². The summed E-state index contributed by atoms with van der Waals surface area (Å²) in [5.41, 5.74) is 4.94. The monoisotopic (exact) mass is 477 g/mol. The maximum atomic E-state index is 13.9. The number of furan rings is 1. The molecule has 2 N–H and O–H groups in total. The zero-order chi connectivity index (χ0) is 24.8. The molecule has 1 aliphatic rings. The van der Waals surface area contributed by atoms with E-state index >= 15 is 0 Å². The molecule has 1 aromatic heterocycles. The van der Waals surface area contributed by atoms with Crippen molar-refractivity contribution >= 4 is 23.2 Å². The molecule has 3 aromatic rings. The van der Waals surface area contributed by atoms with Crippen LogP contribution in [0.25, 0.3) is 0 Å². The number of benzene rings is 2. The second-order valence-electron chi connectivity index (χ2n) is 8.37. The van der Waals surface area contributed by atoms with Crippen molar-refractivity contribution in [1.82, 2.24) is 5.43 Å². The molecule has 0 atom stereocenters. The lowest BCUT2D eigenvalue weighted by Crippen LogP contribution is -2.23. The lowest BCUT2D eigenvalue weighted by Gasteiger charge is -2.13. The number of carbonyl (C=O) groups excluding carboxylic acids is 2. The Bertz CT molecular complexity index is 1250. The van der Waals surface area contributed by atoms with Crippen molar-refractivity contribution in [3.05, 3.63) is 82.6 Å². The Labute approximate surface area is 203 Å². The average molecular weight is 478 g/mol. The molecule has 0 bridgehead atoms. The number of amides is 2. The van der Waals surface area contributed by atoms with E-state index in [4.69, 9.17) is 9.15 Å². The van der Waals surface area contributed by atoms with Crippen LogP contribution in [0.1, 0.15) is 70.4 Å². The highest BCUT2D eigenvalue weighted by Crippen LogP contribution is 2.30. The number of unbranched alkanes of at least 4 members (excludes halogenated alkanes) is 1. The Morgan fingerprint density at radius 2 is 1.86 bits per heavy atom. The summed E-state index contributed by atoms with van der Waals surface area (Å²) < 4.78 is 25.5. The molecule has 182 valence electrons. The summed E-state index contributed by atoms with van der Waals surface area (Å²) in [7, 11) is 0. The quantitative estimate of drug-likeness (QED) is 0.325. The highest BCUT2D eigenvalue weighted by Gasteiger charge is 2.28. The third-order valence-electron chi connectivity index (χ3n) is 5.82. The first-order valence-electron chi connectivity index (χ1n) is 11.8. The zero-order valence-electron chi connectivity index (χ0n) is 19.8. The van der Waals surface area contributed by atoms with E-state index in [0.717, 1.165) is 30.6 Å². The fourth-order valence-electron chi connectivity index (χ4n) is 3.98. The first-order valence-corrected chi connectivity index (χ1v) is 11.8. The molecule has 0 saturated heterocycles. The summed E-state index contributed by atoms with van der Waals surface area (Å²) in [5.74, 6) is -0.0195. The molecule has 7 nitrogen and oxygen atoms in total. The third-order valence-corrected chi connectivity index (χ3v) is 5.82. The Balaban J connectivity index is 1.48. The summed E-state index contributed by atoms with van der Waals surface area (Å²) in [4.78, 5) is 25.3. The van der Waals surface area contributed by atoms with Gasteiger partial charge in [0, 0.05) is 23.2 Å². The smallest absolute Gasteiger partial charge is 0.291 e. The Hall–Kier alpha value is -3.94. The molecule has 1 aliphatic carbocycles. The van der Waals surface area contributed by atoms with Gasteiger partial charge in [-0.15, -0.1) is 0 Å². The van der Waals surface area contributed by atoms with E-state index in [9.17, 15) is 14.0 Å². The number of rotatable bonds is 8. The van der Waals surface area contributed by atoms with Gasteiger partial charge in [0.1, 0.15) is 17.3 Å². The van der Waals surface area contributed by atoms with Gasteiger partial charge in [-0.25, -0.2) is 9.82 Å². The normalized spacial score (nSPS) is 13.9. The summed E-state index contributed by atoms with van der Waals surface area (Å²) >= 11 is 0. The van der Waals surface area contributed by atoms with Gasteiger partial charge < -0.3 is 14.5 Å². The second kappa shape index (κ2) is 11.0. The zero-order valence-corrected chi connectivity index (χ0v) is 19.8. The molecule has 0 spiro atoms. The van der Waals surface area contributed by atoms with Crippen LogP contribution in [-0.4, -0.2) is 24.1 Å². The molecule has 0 radical (unpaired) electrons. The Kier molecular flexibility index (Phi) is 7.60. The predicted molar refractivity (Wildman–Crippen MR) is 132 cm³/mol. The number of nitrogens with one attached hydrogen (secondary N) is 2. The number of hydrogen-bond donors (Lipinski definition) is 2. The lowest BCUT2D eigenvalue weighted by molar-refractivity contribution is 0.0949. The molecule has 35 heavy (non-hydrogen) atoms. The molecule has 4 rings (SSSR count). The van der Waals surface area contributed by atoms with Crippen molar-refractivity contribution in [3.8, 4) is 5.75 Å². The Morgan fingerprint density at radius 3 is 2.60 bits per heavy atom. The number of aryl methyl sites for hydroxylation is 1. The van der Waals surface area contributed by atoms with Crippen LogP contribution in [0.3, 0.4) is 0 Å². The largest absolute Gasteiger partial charge is 0.494 e. The van der Waals surface area contributed by atoms with Crippen LogP contribution in [0, 0.1) is 12.7 Å². The first kappa shape index (κ1) is 24.2. The molecule has 2 aromatic carbocycles. The molecule has 0 saturated carbocycles. The van der Waals surface area contributed by atoms with E-state index < -0.39 is 11.7 Å². The lowest BCUT2D eigenvalue weighted by atomic mass is 9.93. The van der Waals surface area contributed by atoms with E-state index in [1.54, 1.807) is 25.1 Å². The second-order valence-corrected chi connectivity index (χ2v) is 8.37. The van der Waals surface area contributed by atoms with Crippen LogP contribution < -0.4 is 15.5 Å². The van der Waals surface area contributed by atoms with Crippen LogP contribution in [-0.2, 0) is 6.42 Å². The minimum atomic E-state index is -0.635. The summed E-state index contributed by atoms with van der Waals surface area (Å²) in [5, 5.41) is 7.10. The molecule has 0 aliphatic heterocycles. The van der Waals surface area contributed by atoms with E-state index in [-0.39, 0.29) is 17.2 Å². The van der Waals surface area contributed by atoms with Crippen LogP contribution in [0.5, 0.6) is 5.75 Å². The standard InChI is InChI=1S/C27H28FN3O4/c1-3-4-16-34-19-14-12-18(13-15-19)29-27(33)25-17(2)24-22(10-7-11-23(24)35-25)30-31-26(32)20-8-5-6-9-21(20)28/h5-6,8-9,12-15H,3-4,7,10-11,16H2,1-2H3,(H,29,33)(H,31,32)/b30-22+. The number of hydrazone groups is 1. The number of anilines is 1. The van der Waals surface area contributed by atoms with Crippen molar-refractivity contribution in [2.45, 2.75) is 46.0 Å². The topological polar surface area (TPSA) is 92.9 Å². The van der Waals surface area contributed by atoms with Crippen molar-refractivity contribution in [2.24, 2.45) is 5.10 Å². The van der Waals surface area contributed by atoms with Gasteiger partial charge in [-0.3, -0.25) is 9.59 Å². The predicted octanol–water partition coefficient (Wildman–Crippen LogP) is 5.63. The summed E-state index contributed by atoms with van der Waals surface area (Å²) in [6.07, 6.45) is 4.07. The number of halogens is 1. The van der Waals surface area contributed by atoms with Gasteiger partial charge in [-0.1, -0.05) is 25.5 Å². The number of nitrogens with zero attached hydrogens (tertiary/aromatic N) is 1. The fourth-order valence-corrected chi connectivity index (χ4v) is 3.98. The summed E-state index contributed by atoms with van der Waals surface area (Å²) in [6.45, 7) is 4.55. The van der Waals surface area contributed by atoms with Crippen molar-refractivity contribution in [1.29, 1.82) is 0 Å². The van der Waals surface area contributed by atoms with Gasteiger partial charge in [0.15, 0.2) is 5.76 Å². The van der Waals surface area contributed by atoms with Crippen LogP contribution in [0.2, 0.25) is 0 Å². The highest BCUT2D eigenvalue weighted by molar-refractivity contribution is 6.09. The maximum absolute atomic E-state index is 13.9. The number of fused-ring (bicyclic) bond motifs is 1. The average Bonchev–Trinajstić information content (AvgIpc) is 3.21. The van der Waals surface area contributed by atoms with E-state index in [0.29, 0.717) is 42.2 Å². The van der Waals surface area contributed by atoms with E-state index in [2.05, 4.69) is 22.8 Å². The molecule has 0 fully saturated rings. The van der Waals surface area contributed by atoms with Crippen molar-refractivity contribution < 1.29 is 23.1 Å². The third kappa shape index (κ3) is 5.59. The minimum absolute atomic E-state index is 0.0846. The summed E-state index contributed by atoms with van der Waals surface area (Å²) in [6, 6.07) is 12.9. The Morgan fingerprint density at radius 1 is 1.09 bits per heavy atom. The van der Waals surface area contributed by atoms with E-state index in [1.165, 1.54) is 18.2 Å². The molecular formula is C27H28FN3O4. The molecule has 0 unspecified atom stereocenters. The van der Waals surface area contributed by atoms with Crippen LogP contribution in [0.4, 0.5) is 10.1 Å². The fraction of sp³-hybridized carbons (Fsp3) is 0.296. The molecular weight excluding hydrogens is 449 g/mol. The van der Waals surface area contributed by atoms with Gasteiger partial charge >= 0.3 is 0 Å². The van der Waals surface area contributed by atoms with Gasteiger partial charge in [0.05, 0.1) is 17.9 Å². The maximum Gasteiger partial charge on any atom is 0.291 e. The van der Waals surface area contributed by atoms with E-state index in [1.807, 2.05) is 12.1 Å². The molecule has 1 heterocycles. The van der Waals surface area contributed by atoms with Crippen molar-refractivity contribution in [2.75, 3.05) is 11.9 Å². The number of hydrogen-bond acceptors (Lipinski definition) is 5. The van der Waals surface area contributed by atoms with Gasteiger partial charge in [0.25, 0.3) is 11.8 Å². The number of carbonyl (C=O) groups is 2. The molecule has 8 heteroatoms. The van der Waals surface area contributed by atoms with Gasteiger partial charge in [-0.2, -0.15) is 5.10 Å². The van der Waals surface area contributed by atoms with Gasteiger partial charge in [-0.05, 0) is 62.6 Å². The van der Waals surface area contributed by atoms with Gasteiger partial charge in [0.2, 0.25) is 0 Å². The SMILES string of the molecule is CCCCOc1ccc(NC(=O)c2oc3c(c2C)/C(=N/NC(=O)c2ccccc2F)CCC3)cc1. The van der Waals surface area contributed by atoms with Crippen LogP contribution >= 0.6 is 0 Å².